The van der Waals surface area contributed by atoms with Crippen LogP contribution in [-0.4, -0.2) is 7.11 Å². The zero-order valence-electron chi connectivity index (χ0n) is 19.3. The molecule has 1 heterocycles. The van der Waals surface area contributed by atoms with Crippen LogP contribution in [0, 0.1) is 19.8 Å². The van der Waals surface area contributed by atoms with Crippen LogP contribution in [0.25, 0.3) is 0 Å². The Labute approximate surface area is 219 Å². The Morgan fingerprint density at radius 1 is 1.09 bits per heavy atom. The van der Waals surface area contributed by atoms with E-state index in [1.165, 1.54) is 27.9 Å². The molecule has 0 radical (unpaired) electrons. The smallest absolute Gasteiger partial charge is 0.175 e. The van der Waals surface area contributed by atoms with Crippen molar-refractivity contribution in [3.8, 4) is 11.5 Å². The highest BCUT2D eigenvalue weighted by Gasteiger charge is 2.39. The third-order valence-electron chi connectivity index (χ3n) is 6.81. The lowest BCUT2D eigenvalue weighted by atomic mass is 9.75. The molecule has 3 aromatic carbocycles. The fourth-order valence-corrected chi connectivity index (χ4v) is 6.36. The molecule has 3 nitrogen and oxygen atoms in total. The number of fused-ring (bicyclic) bond motifs is 3. The third-order valence-corrected chi connectivity index (χ3v) is 7.99. The Bertz CT molecular complexity index is 1290. The monoisotopic (exact) mass is 557 g/mol. The van der Waals surface area contributed by atoms with Gasteiger partial charge in [0.15, 0.2) is 11.5 Å². The van der Waals surface area contributed by atoms with E-state index in [1.807, 2.05) is 12.1 Å². The highest BCUT2D eigenvalue weighted by atomic mass is 79.9. The van der Waals surface area contributed by atoms with Gasteiger partial charge in [-0.15, -0.1) is 0 Å². The number of aryl methyl sites for hydroxylation is 2. The van der Waals surface area contributed by atoms with Gasteiger partial charge in [-0.25, -0.2) is 0 Å². The van der Waals surface area contributed by atoms with Crippen molar-refractivity contribution in [2.45, 2.75) is 38.8 Å². The van der Waals surface area contributed by atoms with E-state index in [9.17, 15) is 0 Å². The van der Waals surface area contributed by atoms with Gasteiger partial charge in [0.05, 0.1) is 17.6 Å². The minimum Gasteiger partial charge on any atom is -0.493 e. The number of rotatable bonds is 5. The average molecular weight is 559 g/mol. The molecule has 0 amide bonds. The molecule has 0 aromatic heterocycles. The molecule has 0 fully saturated rings. The molecule has 0 spiro atoms. The summed E-state index contributed by atoms with van der Waals surface area (Å²) >= 11 is 16.1. The molecule has 0 unspecified atom stereocenters. The normalized spacial score (nSPS) is 20.5. The van der Waals surface area contributed by atoms with Crippen LogP contribution >= 0.6 is 39.1 Å². The van der Waals surface area contributed by atoms with Crippen molar-refractivity contribution < 1.29 is 9.47 Å². The second kappa shape index (κ2) is 9.49. The van der Waals surface area contributed by atoms with E-state index in [0.29, 0.717) is 40.0 Å². The van der Waals surface area contributed by atoms with Crippen molar-refractivity contribution in [1.82, 2.24) is 0 Å². The highest BCUT2D eigenvalue weighted by Crippen LogP contribution is 2.52. The highest BCUT2D eigenvalue weighted by molar-refractivity contribution is 9.10. The molecule has 1 N–H and O–H groups in total. The molecule has 176 valence electrons. The fourth-order valence-electron chi connectivity index (χ4n) is 5.32. The first-order chi connectivity index (χ1) is 16.4. The number of anilines is 1. The van der Waals surface area contributed by atoms with E-state index in [2.05, 4.69) is 71.5 Å². The molecule has 0 saturated carbocycles. The zero-order chi connectivity index (χ0) is 24.0. The zero-order valence-corrected chi connectivity index (χ0v) is 22.4. The largest absolute Gasteiger partial charge is 0.493 e. The minimum atomic E-state index is 0.165. The van der Waals surface area contributed by atoms with Gasteiger partial charge >= 0.3 is 0 Å². The standard InChI is InChI=1S/C28H26BrCl2NO2/c1-15-9-16(2)26-20-5-4-6-21(20)27(32-24(26)10-15)18-11-22(29)28(25(12-18)33-3)34-14-17-7-8-19(30)13-23(17)31/h4-5,7-13,20-21,27,32H,6,14H2,1-3H3/t20-,21+,27+/m1/s1. The lowest BCUT2D eigenvalue weighted by Gasteiger charge is -2.39. The summed E-state index contributed by atoms with van der Waals surface area (Å²) in [6.07, 6.45) is 5.74. The number of benzene rings is 3. The molecule has 34 heavy (non-hydrogen) atoms. The number of methoxy groups -OCH3 is 1. The maximum atomic E-state index is 6.33. The first kappa shape index (κ1) is 23.6. The van der Waals surface area contributed by atoms with Crippen LogP contribution in [0.1, 0.15) is 46.2 Å². The van der Waals surface area contributed by atoms with Crippen molar-refractivity contribution in [3.63, 3.8) is 0 Å². The van der Waals surface area contributed by atoms with Crippen LogP contribution in [-0.2, 0) is 6.61 Å². The van der Waals surface area contributed by atoms with Gasteiger partial charge < -0.3 is 14.8 Å². The van der Waals surface area contributed by atoms with Crippen LogP contribution in [0.15, 0.2) is 59.1 Å². The van der Waals surface area contributed by atoms with Crippen LogP contribution in [0.4, 0.5) is 5.69 Å². The fraction of sp³-hybridized carbons (Fsp3) is 0.286. The second-order valence-corrected chi connectivity index (χ2v) is 10.8. The summed E-state index contributed by atoms with van der Waals surface area (Å²) in [6, 6.07) is 14.3. The van der Waals surface area contributed by atoms with E-state index in [4.69, 9.17) is 32.7 Å². The summed E-state index contributed by atoms with van der Waals surface area (Å²) in [6.45, 7) is 4.68. The van der Waals surface area contributed by atoms with Gasteiger partial charge in [0.1, 0.15) is 6.61 Å². The number of hydrogen-bond acceptors (Lipinski definition) is 3. The molecule has 6 heteroatoms. The van der Waals surface area contributed by atoms with Gasteiger partial charge in [0.25, 0.3) is 0 Å². The van der Waals surface area contributed by atoms with Gasteiger partial charge in [-0.2, -0.15) is 0 Å². The third kappa shape index (κ3) is 4.32. The first-order valence-corrected chi connectivity index (χ1v) is 12.9. The van der Waals surface area contributed by atoms with Gasteiger partial charge in [-0.1, -0.05) is 47.5 Å². The van der Waals surface area contributed by atoms with Gasteiger partial charge in [0, 0.05) is 27.2 Å². The predicted octanol–water partition coefficient (Wildman–Crippen LogP) is 8.79. The predicted molar refractivity (Wildman–Crippen MR) is 144 cm³/mol. The van der Waals surface area contributed by atoms with Crippen molar-refractivity contribution in [2.24, 2.45) is 5.92 Å². The molecule has 3 aromatic rings. The molecule has 1 aliphatic carbocycles. The summed E-state index contributed by atoms with van der Waals surface area (Å²) in [4.78, 5) is 0. The van der Waals surface area contributed by atoms with Crippen molar-refractivity contribution in [3.05, 3.63) is 97.0 Å². The average Bonchev–Trinajstić information content (AvgIpc) is 3.27. The van der Waals surface area contributed by atoms with Crippen LogP contribution in [0.5, 0.6) is 11.5 Å². The summed E-state index contributed by atoms with van der Waals surface area (Å²) in [5.41, 5.74) is 7.30. The molecule has 0 bridgehead atoms. The van der Waals surface area contributed by atoms with Crippen LogP contribution < -0.4 is 14.8 Å². The van der Waals surface area contributed by atoms with E-state index >= 15 is 0 Å². The lowest BCUT2D eigenvalue weighted by Crippen LogP contribution is -2.29. The van der Waals surface area contributed by atoms with E-state index < -0.39 is 0 Å². The summed E-state index contributed by atoms with van der Waals surface area (Å²) < 4.78 is 12.8. The summed E-state index contributed by atoms with van der Waals surface area (Å²) in [5, 5.41) is 5.03. The van der Waals surface area contributed by atoms with E-state index in [0.717, 1.165) is 16.5 Å². The molecule has 1 aliphatic heterocycles. The van der Waals surface area contributed by atoms with Crippen molar-refractivity contribution in [2.75, 3.05) is 12.4 Å². The Balaban J connectivity index is 1.47. The quantitative estimate of drug-likeness (QED) is 0.317. The number of allylic oxidation sites excluding steroid dienone is 2. The SMILES string of the molecule is COc1cc([C@@H]2Nc3cc(C)cc(C)c3[C@@H]3C=CC[C@@H]32)cc(Br)c1OCc1ccc(Cl)cc1Cl. The van der Waals surface area contributed by atoms with E-state index in [-0.39, 0.29) is 6.04 Å². The van der Waals surface area contributed by atoms with Crippen molar-refractivity contribution in [1.29, 1.82) is 0 Å². The van der Waals surface area contributed by atoms with Gasteiger partial charge in [-0.3, -0.25) is 0 Å². The van der Waals surface area contributed by atoms with Gasteiger partial charge in [0.2, 0.25) is 0 Å². The molecule has 2 aliphatic rings. The number of nitrogens with one attached hydrogen (secondary N) is 1. The van der Waals surface area contributed by atoms with E-state index in [1.54, 1.807) is 13.2 Å². The second-order valence-electron chi connectivity index (χ2n) is 9.08. The topological polar surface area (TPSA) is 30.5 Å². The van der Waals surface area contributed by atoms with Crippen molar-refractivity contribution >= 4 is 44.8 Å². The molecule has 5 rings (SSSR count). The van der Waals surface area contributed by atoms with Crippen LogP contribution in [0.2, 0.25) is 10.0 Å². The molecular weight excluding hydrogens is 533 g/mol. The summed E-state index contributed by atoms with van der Waals surface area (Å²) in [5.74, 6) is 2.20. The van der Waals surface area contributed by atoms with Gasteiger partial charge in [-0.05, 0) is 94.7 Å². The Morgan fingerprint density at radius 2 is 1.91 bits per heavy atom. The van der Waals surface area contributed by atoms with Crippen LogP contribution in [0.3, 0.4) is 0 Å². The maximum Gasteiger partial charge on any atom is 0.175 e. The Kier molecular flexibility index (Phi) is 6.58. The number of ether oxygens (including phenoxy) is 2. The summed E-state index contributed by atoms with van der Waals surface area (Å²) in [7, 11) is 1.67. The maximum absolute atomic E-state index is 6.33. The molecule has 3 atom stereocenters. The number of hydrogen-bond donors (Lipinski definition) is 1. The number of halogens is 3. The molecular formula is C28H26BrCl2NO2. The molecule has 0 saturated heterocycles. The minimum absolute atomic E-state index is 0.165. The Morgan fingerprint density at radius 3 is 2.68 bits per heavy atom. The Hall–Kier alpha value is -2.14. The first-order valence-electron chi connectivity index (χ1n) is 11.3. The lowest BCUT2D eigenvalue weighted by molar-refractivity contribution is 0.282.